The van der Waals surface area contributed by atoms with Crippen LogP contribution < -0.4 is 0 Å². The number of aromatic nitrogens is 2. The van der Waals surface area contributed by atoms with Crippen LogP contribution in [0.1, 0.15) is 22.8 Å². The zero-order valence-corrected chi connectivity index (χ0v) is 13.8. The molecule has 4 nitrogen and oxygen atoms in total. The van der Waals surface area contributed by atoms with Gasteiger partial charge in [-0.1, -0.05) is 18.2 Å². The van der Waals surface area contributed by atoms with Gasteiger partial charge in [-0.05, 0) is 30.7 Å². The maximum absolute atomic E-state index is 12.8. The predicted octanol–water partition coefficient (Wildman–Crippen LogP) is 4.94. The summed E-state index contributed by atoms with van der Waals surface area (Å²) in [6.07, 6.45) is 0.265. The van der Waals surface area contributed by atoms with Crippen molar-refractivity contribution in [1.82, 2.24) is 9.97 Å². The second-order valence-corrected chi connectivity index (χ2v) is 5.49. The van der Waals surface area contributed by atoms with Gasteiger partial charge < -0.3 is 9.72 Å². The number of benzene rings is 1. The Morgan fingerprint density at radius 2 is 1.88 bits per heavy atom. The number of esters is 1. The SMILES string of the molecule is CCOC(=O)c1c[nH]c(-c2ccc(C(F)(F)F)cc2)c1-c1cccnc1. The van der Waals surface area contributed by atoms with Crippen LogP contribution in [-0.4, -0.2) is 22.5 Å². The number of pyridine rings is 1. The second kappa shape index (κ2) is 7.03. The molecule has 0 aliphatic carbocycles. The van der Waals surface area contributed by atoms with Gasteiger partial charge in [0.2, 0.25) is 0 Å². The standard InChI is InChI=1S/C19H15F3N2O2/c1-2-26-18(25)15-11-24-17(16(15)13-4-3-9-23-10-13)12-5-7-14(8-6-12)19(20,21)22/h3-11,24H,2H2,1H3. The molecule has 26 heavy (non-hydrogen) atoms. The Labute approximate surface area is 147 Å². The normalized spacial score (nSPS) is 11.4. The maximum atomic E-state index is 12.8. The maximum Gasteiger partial charge on any atom is 0.416 e. The number of nitrogens with one attached hydrogen (secondary N) is 1. The molecule has 3 rings (SSSR count). The van der Waals surface area contributed by atoms with Gasteiger partial charge in [0.15, 0.2) is 0 Å². The van der Waals surface area contributed by atoms with Crippen LogP contribution in [0.25, 0.3) is 22.4 Å². The first-order chi connectivity index (χ1) is 12.4. The van der Waals surface area contributed by atoms with Gasteiger partial charge in [-0.3, -0.25) is 4.98 Å². The fraction of sp³-hybridized carbons (Fsp3) is 0.158. The molecule has 3 aromatic rings. The lowest BCUT2D eigenvalue weighted by Gasteiger charge is -2.10. The van der Waals surface area contributed by atoms with Crippen LogP contribution in [0.2, 0.25) is 0 Å². The Bertz CT molecular complexity index is 901. The summed E-state index contributed by atoms with van der Waals surface area (Å²) in [5.74, 6) is -0.513. The highest BCUT2D eigenvalue weighted by Gasteiger charge is 2.30. The van der Waals surface area contributed by atoms with Crippen LogP contribution in [-0.2, 0) is 10.9 Å². The molecule has 1 aromatic carbocycles. The number of halogens is 3. The number of hydrogen-bond acceptors (Lipinski definition) is 3. The highest BCUT2D eigenvalue weighted by atomic mass is 19.4. The van der Waals surface area contributed by atoms with Crippen molar-refractivity contribution in [3.63, 3.8) is 0 Å². The van der Waals surface area contributed by atoms with Crippen molar-refractivity contribution < 1.29 is 22.7 Å². The molecule has 0 saturated heterocycles. The van der Waals surface area contributed by atoms with E-state index < -0.39 is 17.7 Å². The molecule has 0 saturated carbocycles. The van der Waals surface area contributed by atoms with Crippen LogP contribution in [0.4, 0.5) is 13.2 Å². The third kappa shape index (κ3) is 3.46. The molecule has 0 aliphatic rings. The number of nitrogens with zero attached hydrogens (tertiary/aromatic N) is 1. The Balaban J connectivity index is 2.12. The molecule has 0 amide bonds. The van der Waals surface area contributed by atoms with Gasteiger partial charge in [0.05, 0.1) is 23.4 Å². The molecule has 0 atom stereocenters. The summed E-state index contributed by atoms with van der Waals surface area (Å²) >= 11 is 0. The van der Waals surface area contributed by atoms with Crippen molar-refractivity contribution in [3.8, 4) is 22.4 Å². The Morgan fingerprint density at radius 1 is 1.15 bits per heavy atom. The quantitative estimate of drug-likeness (QED) is 0.671. The lowest BCUT2D eigenvalue weighted by atomic mass is 9.98. The van der Waals surface area contributed by atoms with Gasteiger partial charge in [-0.2, -0.15) is 13.2 Å². The lowest BCUT2D eigenvalue weighted by molar-refractivity contribution is -0.137. The fourth-order valence-corrected chi connectivity index (χ4v) is 2.66. The van der Waals surface area contributed by atoms with Crippen LogP contribution >= 0.6 is 0 Å². The molecule has 2 aromatic heterocycles. The molecule has 0 spiro atoms. The van der Waals surface area contributed by atoms with Crippen LogP contribution in [0.3, 0.4) is 0 Å². The number of carbonyl (C=O) groups excluding carboxylic acids is 1. The van der Waals surface area contributed by atoms with E-state index in [1.165, 1.54) is 18.3 Å². The van der Waals surface area contributed by atoms with Crippen molar-refractivity contribution in [1.29, 1.82) is 0 Å². The summed E-state index contributed by atoms with van der Waals surface area (Å²) in [6.45, 7) is 1.91. The van der Waals surface area contributed by atoms with E-state index in [9.17, 15) is 18.0 Å². The van der Waals surface area contributed by atoms with Gasteiger partial charge in [0.25, 0.3) is 0 Å². The zero-order valence-electron chi connectivity index (χ0n) is 13.8. The van der Waals surface area contributed by atoms with E-state index in [1.807, 2.05) is 0 Å². The lowest BCUT2D eigenvalue weighted by Crippen LogP contribution is -2.05. The molecule has 2 heterocycles. The number of hydrogen-bond donors (Lipinski definition) is 1. The predicted molar refractivity (Wildman–Crippen MR) is 90.4 cm³/mol. The third-order valence-electron chi connectivity index (χ3n) is 3.83. The molecular formula is C19H15F3N2O2. The van der Waals surface area contributed by atoms with E-state index in [-0.39, 0.29) is 6.61 Å². The molecule has 7 heteroatoms. The van der Waals surface area contributed by atoms with Crippen molar-refractivity contribution in [2.75, 3.05) is 6.61 Å². The summed E-state index contributed by atoms with van der Waals surface area (Å²) in [7, 11) is 0. The van der Waals surface area contributed by atoms with Crippen LogP contribution in [0, 0.1) is 0 Å². The Hall–Kier alpha value is -3.09. The third-order valence-corrected chi connectivity index (χ3v) is 3.83. The molecule has 0 fully saturated rings. The van der Waals surface area contributed by atoms with Crippen molar-refractivity contribution in [2.24, 2.45) is 0 Å². The summed E-state index contributed by atoms with van der Waals surface area (Å²) in [6, 6.07) is 8.23. The molecule has 0 bridgehead atoms. The van der Waals surface area contributed by atoms with E-state index in [0.29, 0.717) is 27.9 Å². The first kappa shape index (κ1) is 17.7. The molecule has 1 N–H and O–H groups in total. The minimum atomic E-state index is -4.41. The summed E-state index contributed by atoms with van der Waals surface area (Å²) < 4.78 is 43.4. The minimum Gasteiger partial charge on any atom is -0.462 e. The van der Waals surface area contributed by atoms with Gasteiger partial charge in [0, 0.05) is 29.7 Å². The molecule has 0 aliphatic heterocycles. The average Bonchev–Trinajstić information content (AvgIpc) is 3.07. The van der Waals surface area contributed by atoms with Crippen molar-refractivity contribution >= 4 is 5.97 Å². The first-order valence-electron chi connectivity index (χ1n) is 7.88. The topological polar surface area (TPSA) is 55.0 Å². The largest absolute Gasteiger partial charge is 0.462 e. The van der Waals surface area contributed by atoms with Gasteiger partial charge in [-0.25, -0.2) is 4.79 Å². The highest BCUT2D eigenvalue weighted by molar-refractivity contribution is 6.01. The molecule has 0 unspecified atom stereocenters. The van der Waals surface area contributed by atoms with Crippen molar-refractivity contribution in [3.05, 3.63) is 66.1 Å². The van der Waals surface area contributed by atoms with E-state index in [2.05, 4.69) is 9.97 Å². The number of ether oxygens (including phenoxy) is 1. The minimum absolute atomic E-state index is 0.214. The van der Waals surface area contributed by atoms with E-state index in [4.69, 9.17) is 4.74 Å². The zero-order chi connectivity index (χ0) is 18.7. The second-order valence-electron chi connectivity index (χ2n) is 5.49. The van der Waals surface area contributed by atoms with E-state index in [1.54, 1.807) is 31.5 Å². The smallest absolute Gasteiger partial charge is 0.416 e. The first-order valence-corrected chi connectivity index (χ1v) is 7.88. The van der Waals surface area contributed by atoms with Crippen LogP contribution in [0.15, 0.2) is 55.0 Å². The average molecular weight is 360 g/mol. The van der Waals surface area contributed by atoms with E-state index in [0.717, 1.165) is 12.1 Å². The number of rotatable bonds is 4. The summed E-state index contributed by atoms with van der Waals surface area (Å²) in [5.41, 5.74) is 1.81. The number of aromatic amines is 1. The van der Waals surface area contributed by atoms with Gasteiger partial charge in [-0.15, -0.1) is 0 Å². The molecule has 134 valence electrons. The van der Waals surface area contributed by atoms with E-state index >= 15 is 0 Å². The molecular weight excluding hydrogens is 345 g/mol. The van der Waals surface area contributed by atoms with Crippen molar-refractivity contribution in [2.45, 2.75) is 13.1 Å². The Kier molecular flexibility index (Phi) is 4.79. The fourth-order valence-electron chi connectivity index (χ4n) is 2.66. The molecule has 0 radical (unpaired) electrons. The monoisotopic (exact) mass is 360 g/mol. The number of H-pyrrole nitrogens is 1. The Morgan fingerprint density at radius 3 is 2.46 bits per heavy atom. The highest BCUT2D eigenvalue weighted by Crippen LogP contribution is 2.36. The number of carbonyl (C=O) groups is 1. The van der Waals surface area contributed by atoms with Gasteiger partial charge >= 0.3 is 12.1 Å². The summed E-state index contributed by atoms with van der Waals surface area (Å²) in [5, 5.41) is 0. The van der Waals surface area contributed by atoms with Crippen LogP contribution in [0.5, 0.6) is 0 Å². The van der Waals surface area contributed by atoms with Gasteiger partial charge in [0.1, 0.15) is 0 Å². The summed E-state index contributed by atoms with van der Waals surface area (Å²) in [4.78, 5) is 19.3. The number of alkyl halides is 3.